The summed E-state index contributed by atoms with van der Waals surface area (Å²) in [6, 6.07) is 0. The van der Waals surface area contributed by atoms with Crippen molar-refractivity contribution in [2.75, 3.05) is 0 Å². The average molecular weight is 700 g/mol. The molecule has 0 N–H and O–H groups in total. The molecule has 0 amide bonds. The molecule has 0 unspecified atom stereocenters. The van der Waals surface area contributed by atoms with E-state index in [0.29, 0.717) is 0 Å². The van der Waals surface area contributed by atoms with Crippen LogP contribution in [-0.4, -0.2) is 0 Å². The maximum Gasteiger partial charge on any atom is 0.125 e. The van der Waals surface area contributed by atoms with Gasteiger partial charge in [0.05, 0.1) is 0 Å². The molecule has 0 aromatic heterocycles. The van der Waals surface area contributed by atoms with Crippen molar-refractivity contribution in [2.45, 2.75) is 0 Å². The molecule has 0 aromatic rings. The summed E-state index contributed by atoms with van der Waals surface area (Å²) >= 11 is 0. The fourth-order valence-electron chi connectivity index (χ4n) is 1.69. The van der Waals surface area contributed by atoms with E-state index in [-0.39, 0.29) is 0 Å². The third kappa shape index (κ3) is 43.2. The molecule has 0 saturated heterocycles. The van der Waals surface area contributed by atoms with Crippen LogP contribution in [0, 0.1) is 344 Å². The highest BCUT2D eigenvalue weighted by Gasteiger charge is 1.63. The van der Waals surface area contributed by atoms with Crippen molar-refractivity contribution in [1.82, 2.24) is 0 Å². The number of hydrogen-bond acceptors (Lipinski definition) is 0. The van der Waals surface area contributed by atoms with Crippen LogP contribution in [0.3, 0.4) is 0 Å². The first-order chi connectivity index (χ1) is 29.4. The van der Waals surface area contributed by atoms with E-state index in [0.717, 1.165) is 0 Å². The maximum atomic E-state index is 6.57. The van der Waals surface area contributed by atoms with Gasteiger partial charge in [-0.3, -0.25) is 0 Å². The molecular formula is C58H2. The third-order valence-electron chi connectivity index (χ3n) is 3.45. The predicted octanol–water partition coefficient (Wildman–Crippen LogP) is 0.345. The van der Waals surface area contributed by atoms with Gasteiger partial charge in [0.25, 0.3) is 0 Å². The number of rotatable bonds is 0. The summed E-state index contributed by atoms with van der Waals surface area (Å²) in [6.07, 6.45) is 6.82. The van der Waals surface area contributed by atoms with Gasteiger partial charge >= 0.3 is 0 Å². The Hall–Kier alpha value is -12.8. The van der Waals surface area contributed by atoms with Gasteiger partial charge in [-0.1, -0.05) is 0 Å². The molecule has 58 heavy (non-hydrogen) atoms. The van der Waals surface area contributed by atoms with Crippen molar-refractivity contribution in [3.63, 3.8) is 0 Å². The van der Waals surface area contributed by atoms with Gasteiger partial charge in [0.1, 0.15) is 1.37 Å². The third-order valence-corrected chi connectivity index (χ3v) is 3.45. The average Bonchev–Trinajstić information content (AvgIpc) is 3.25. The van der Waals surface area contributed by atoms with E-state index in [1.165, 1.54) is 0 Å². The molecule has 0 aliphatic heterocycles. The van der Waals surface area contributed by atoms with Crippen molar-refractivity contribution in [3.8, 4) is 344 Å². The van der Waals surface area contributed by atoms with Crippen LogP contribution >= 0.6 is 0 Å². The van der Waals surface area contributed by atoms with Gasteiger partial charge < -0.3 is 0 Å². The second-order valence-corrected chi connectivity index (χ2v) is 7.02. The van der Waals surface area contributed by atoms with E-state index < -0.39 is 0 Å². The van der Waals surface area contributed by atoms with Gasteiger partial charge in [-0.15, -0.1) is 12.8 Å². The normalized spacial score (nSPS) is 4.02. The molecule has 0 spiro atoms. The predicted molar refractivity (Wildman–Crippen MR) is 228 cm³/mol. The zero-order valence-corrected chi connectivity index (χ0v) is 29.1. The molecule has 0 aromatic carbocycles. The lowest BCUT2D eigenvalue weighted by molar-refractivity contribution is 2.31. The van der Waals surface area contributed by atoms with Crippen LogP contribution in [0.15, 0.2) is 0 Å². The standard InChI is InChI=1S/C58H2/c1-3-5-7-9-11-13-15-17-19-21-23-25-27-29-31-33-35-37-39-41-43-45-47-49-51-53-55-57-58-56-54-52-50-48-46-44-42-40-38-36-34-32-30-28-26-24-22-20-18-16-14-12-10-8-6-4-2/h1-2H/i1D. The lowest BCUT2D eigenvalue weighted by Gasteiger charge is -1.57. The quantitative estimate of drug-likeness (QED) is 0.321. The van der Waals surface area contributed by atoms with E-state index >= 15 is 0 Å². The van der Waals surface area contributed by atoms with Crippen molar-refractivity contribution in [3.05, 3.63) is 0 Å². The molecule has 0 radical (unpaired) electrons. The largest absolute Gasteiger partial charge is 0.125 e. The van der Waals surface area contributed by atoms with Gasteiger partial charge in [0, 0.05) is 237 Å². The van der Waals surface area contributed by atoms with Crippen LogP contribution in [0.4, 0.5) is 0 Å². The Bertz CT molecular complexity index is 3730. The molecule has 0 bridgehead atoms. The Kier molecular flexibility index (Phi) is 33.0. The first kappa shape index (κ1) is 43.3. The Morgan fingerprint density at radius 1 is 0.138 bits per heavy atom. The minimum atomic E-state index is 1.87. The summed E-state index contributed by atoms with van der Waals surface area (Å²) in [6.45, 7) is 0. The SMILES string of the molecule is [2H]C#CC#CC#CC#CC#CC#CC#CC#CC#CC#CC#CC#CC#CC#CC#CC#CC#CC#CC#CC#CC#CC#CC#CC#CC#CC#CC#CC#CC#C. The molecule has 0 aliphatic rings. The van der Waals surface area contributed by atoms with Crippen LogP contribution in [0.2, 0.25) is 0 Å². The van der Waals surface area contributed by atoms with Crippen LogP contribution in [0.25, 0.3) is 0 Å². The zero-order valence-electron chi connectivity index (χ0n) is 30.1. The second-order valence-electron chi connectivity index (χ2n) is 7.02. The zero-order chi connectivity index (χ0) is 42.3. The minimum absolute atomic E-state index is 1.87. The minimum Gasteiger partial charge on any atom is -0.106 e. The molecule has 234 valence electrons. The summed E-state index contributed by atoms with van der Waals surface area (Å²) in [5.41, 5.74) is 0. The van der Waals surface area contributed by atoms with Crippen LogP contribution in [0.1, 0.15) is 1.37 Å². The Labute approximate surface area is 344 Å². The maximum absolute atomic E-state index is 6.57. The summed E-state index contributed by atoms with van der Waals surface area (Å²) in [4.78, 5) is 0. The fourth-order valence-corrected chi connectivity index (χ4v) is 1.69. The highest BCUT2D eigenvalue weighted by atomic mass is 13.6. The second kappa shape index (κ2) is 44.2. The monoisotopic (exact) mass is 699 g/mol. The van der Waals surface area contributed by atoms with Gasteiger partial charge in [-0.2, -0.15) is 0 Å². The topological polar surface area (TPSA) is 0 Å². The Morgan fingerprint density at radius 3 is 0.310 bits per heavy atom. The van der Waals surface area contributed by atoms with E-state index in [1.54, 1.807) is 0 Å². The molecule has 0 heterocycles. The first-order valence-corrected chi connectivity index (χ1v) is 14.3. The molecule has 0 atom stereocenters. The van der Waals surface area contributed by atoms with Gasteiger partial charge in [0.15, 0.2) is 0 Å². The van der Waals surface area contributed by atoms with Crippen LogP contribution in [0.5, 0.6) is 0 Å². The van der Waals surface area contributed by atoms with E-state index in [1.807, 2.05) is 6.40 Å². The summed E-state index contributed by atoms with van der Waals surface area (Å²) in [7, 11) is 0. The van der Waals surface area contributed by atoms with E-state index in [9.17, 15) is 0 Å². The number of hydrogen-bond donors (Lipinski definition) is 0. The highest BCUT2D eigenvalue weighted by Crippen LogP contribution is 1.63. The first-order valence-electron chi connectivity index (χ1n) is 14.8. The lowest BCUT2D eigenvalue weighted by atomic mass is 10.4. The summed E-state index contributed by atoms with van der Waals surface area (Å²) < 4.78 is 6.57. The van der Waals surface area contributed by atoms with Gasteiger partial charge in [-0.05, 0) is 94.7 Å². The van der Waals surface area contributed by atoms with Crippen LogP contribution < -0.4 is 0 Å². The van der Waals surface area contributed by atoms with Crippen molar-refractivity contribution < 1.29 is 1.37 Å². The molecular weight excluding hydrogens is 697 g/mol. The molecule has 0 saturated carbocycles. The summed E-state index contributed by atoms with van der Waals surface area (Å²) in [5.74, 6) is 138. The summed E-state index contributed by atoms with van der Waals surface area (Å²) in [5, 5.41) is 0. The van der Waals surface area contributed by atoms with E-state index in [4.69, 9.17) is 7.79 Å². The molecule has 0 nitrogen and oxygen atoms in total. The van der Waals surface area contributed by atoms with Crippen molar-refractivity contribution >= 4 is 0 Å². The Balaban J connectivity index is 4.58. The van der Waals surface area contributed by atoms with Crippen LogP contribution in [-0.2, 0) is 0 Å². The highest BCUT2D eigenvalue weighted by molar-refractivity contribution is 5.51. The molecule has 0 heteroatoms. The smallest absolute Gasteiger partial charge is 0.106 e. The van der Waals surface area contributed by atoms with E-state index in [2.05, 4.69) is 332 Å². The molecule has 0 fully saturated rings. The van der Waals surface area contributed by atoms with Crippen molar-refractivity contribution in [1.29, 1.82) is 0 Å². The lowest BCUT2D eigenvalue weighted by Crippen LogP contribution is -1.57. The van der Waals surface area contributed by atoms with Gasteiger partial charge in [0.2, 0.25) is 0 Å². The van der Waals surface area contributed by atoms with Gasteiger partial charge in [-0.25, -0.2) is 0 Å². The molecule has 0 aliphatic carbocycles. The number of terminal acetylenes is 2. The Morgan fingerprint density at radius 2 is 0.224 bits per heavy atom. The molecule has 0 rings (SSSR count). The van der Waals surface area contributed by atoms with Crippen molar-refractivity contribution in [2.24, 2.45) is 0 Å². The fraction of sp³-hybridized carbons (Fsp3) is 0.